The van der Waals surface area contributed by atoms with Crippen molar-refractivity contribution in [1.82, 2.24) is 4.57 Å². The quantitative estimate of drug-likeness (QED) is 0.787. The van der Waals surface area contributed by atoms with Crippen LogP contribution in [0.4, 0.5) is 18.9 Å². The normalized spacial score (nSPS) is 12.1. The number of nitrogens with zero attached hydrogens (tertiary/aromatic N) is 1. The van der Waals surface area contributed by atoms with E-state index in [0.29, 0.717) is 5.52 Å². The van der Waals surface area contributed by atoms with Gasteiger partial charge in [0.1, 0.15) is 0 Å². The summed E-state index contributed by atoms with van der Waals surface area (Å²) in [6.45, 7) is 1.50. The number of hydrogen-bond acceptors (Lipinski definition) is 2. The summed E-state index contributed by atoms with van der Waals surface area (Å²) in [6.07, 6.45) is -4.43. The van der Waals surface area contributed by atoms with E-state index in [0.717, 1.165) is 12.1 Å². The predicted molar refractivity (Wildman–Crippen MR) is 63.3 cm³/mol. The molecule has 0 spiro atoms. The van der Waals surface area contributed by atoms with Crippen molar-refractivity contribution < 1.29 is 13.2 Å². The van der Waals surface area contributed by atoms with Crippen LogP contribution < -0.4 is 11.3 Å². The molecule has 18 heavy (non-hydrogen) atoms. The molecular weight excluding hydrogens is 245 g/mol. The van der Waals surface area contributed by atoms with Crippen LogP contribution in [0, 0.1) is 6.92 Å². The zero-order valence-electron chi connectivity index (χ0n) is 9.80. The number of hydrogen-bond donors (Lipinski definition) is 1. The topological polar surface area (TPSA) is 48.0 Å². The van der Waals surface area contributed by atoms with Gasteiger partial charge in [-0.05, 0) is 25.1 Å². The van der Waals surface area contributed by atoms with E-state index in [2.05, 4.69) is 0 Å². The molecule has 0 saturated carbocycles. The molecule has 3 nitrogen and oxygen atoms in total. The predicted octanol–water partition coefficient (Wildman–Crippen LogP) is 2.45. The Kier molecular flexibility index (Phi) is 2.61. The number of rotatable bonds is 0. The van der Waals surface area contributed by atoms with Crippen molar-refractivity contribution in [3.8, 4) is 0 Å². The highest BCUT2D eigenvalue weighted by Gasteiger charge is 2.30. The number of nitrogen functional groups attached to an aromatic ring is 1. The molecule has 1 aromatic carbocycles. The minimum absolute atomic E-state index is 0.0965. The lowest BCUT2D eigenvalue weighted by Crippen LogP contribution is -2.21. The maximum atomic E-state index is 12.6. The summed E-state index contributed by atoms with van der Waals surface area (Å²) in [6, 6.07) is 3.17. The molecule has 96 valence electrons. The first-order chi connectivity index (χ1) is 8.23. The second-order valence-corrected chi connectivity index (χ2v) is 4.13. The Hall–Kier alpha value is -1.98. The highest BCUT2D eigenvalue weighted by atomic mass is 19.4. The summed E-state index contributed by atoms with van der Waals surface area (Å²) in [5, 5.41) is 0.240. The first-order valence-corrected chi connectivity index (χ1v) is 5.19. The number of aromatic nitrogens is 1. The van der Waals surface area contributed by atoms with Crippen molar-refractivity contribution >= 4 is 16.6 Å². The summed E-state index contributed by atoms with van der Waals surface area (Å²) in [5.41, 5.74) is 5.37. The number of halogens is 3. The molecule has 0 bridgehead atoms. The lowest BCUT2D eigenvalue weighted by Gasteiger charge is -2.13. The van der Waals surface area contributed by atoms with Crippen LogP contribution in [0.3, 0.4) is 0 Å². The van der Waals surface area contributed by atoms with Crippen LogP contribution in [0.5, 0.6) is 0 Å². The van der Waals surface area contributed by atoms with Crippen LogP contribution in [0.15, 0.2) is 23.0 Å². The summed E-state index contributed by atoms with van der Waals surface area (Å²) < 4.78 is 39.1. The van der Waals surface area contributed by atoms with Gasteiger partial charge in [-0.3, -0.25) is 4.79 Å². The molecule has 0 saturated heterocycles. The molecule has 0 atom stereocenters. The fraction of sp³-hybridized carbons (Fsp3) is 0.250. The number of anilines is 1. The fourth-order valence-electron chi connectivity index (χ4n) is 1.90. The molecule has 2 aromatic rings. The molecule has 6 heteroatoms. The Bertz CT molecular complexity index is 686. The summed E-state index contributed by atoms with van der Waals surface area (Å²) in [4.78, 5) is 11.7. The standard InChI is InChI=1S/C12H11F3N2O/c1-6-10(16)8-5-7(12(13,14)15)3-4-9(8)17(2)11(6)18/h3-5H,16H2,1-2H3. The molecule has 0 radical (unpaired) electrons. The van der Waals surface area contributed by atoms with Crippen molar-refractivity contribution in [3.63, 3.8) is 0 Å². The maximum Gasteiger partial charge on any atom is 0.416 e. The van der Waals surface area contributed by atoms with Crippen LogP contribution in [0.1, 0.15) is 11.1 Å². The van der Waals surface area contributed by atoms with Gasteiger partial charge in [-0.25, -0.2) is 0 Å². The van der Waals surface area contributed by atoms with E-state index in [1.165, 1.54) is 24.6 Å². The van der Waals surface area contributed by atoms with E-state index < -0.39 is 11.7 Å². The lowest BCUT2D eigenvalue weighted by molar-refractivity contribution is -0.137. The highest BCUT2D eigenvalue weighted by molar-refractivity contribution is 5.92. The maximum absolute atomic E-state index is 12.6. The summed E-state index contributed by atoms with van der Waals surface area (Å²) in [5.74, 6) is 0. The van der Waals surface area contributed by atoms with Gasteiger partial charge in [0.2, 0.25) is 0 Å². The van der Waals surface area contributed by atoms with E-state index in [4.69, 9.17) is 5.73 Å². The number of aryl methyl sites for hydroxylation is 1. The second-order valence-electron chi connectivity index (χ2n) is 4.13. The molecule has 0 aliphatic rings. The van der Waals surface area contributed by atoms with Gasteiger partial charge < -0.3 is 10.3 Å². The van der Waals surface area contributed by atoms with E-state index in [1.807, 2.05) is 0 Å². The van der Waals surface area contributed by atoms with Gasteiger partial charge in [-0.2, -0.15) is 13.2 Å². The van der Waals surface area contributed by atoms with Gasteiger partial charge >= 0.3 is 6.18 Å². The SMILES string of the molecule is Cc1c(N)c2cc(C(F)(F)F)ccc2n(C)c1=O. The van der Waals surface area contributed by atoms with E-state index in [9.17, 15) is 18.0 Å². The van der Waals surface area contributed by atoms with Gasteiger partial charge in [-0.15, -0.1) is 0 Å². The van der Waals surface area contributed by atoms with Crippen molar-refractivity contribution in [2.24, 2.45) is 7.05 Å². The molecule has 2 rings (SSSR count). The molecule has 0 aliphatic carbocycles. The molecule has 0 aliphatic heterocycles. The van der Waals surface area contributed by atoms with Crippen molar-refractivity contribution in [2.45, 2.75) is 13.1 Å². The highest BCUT2D eigenvalue weighted by Crippen LogP contribution is 2.32. The van der Waals surface area contributed by atoms with Gasteiger partial charge in [-0.1, -0.05) is 0 Å². The Morgan fingerprint density at radius 1 is 1.28 bits per heavy atom. The van der Waals surface area contributed by atoms with E-state index in [-0.39, 0.29) is 22.2 Å². The third-order valence-electron chi connectivity index (χ3n) is 3.00. The van der Waals surface area contributed by atoms with Gasteiger partial charge in [0.15, 0.2) is 0 Å². The molecule has 1 heterocycles. The number of pyridine rings is 1. The molecular formula is C12H11F3N2O. The minimum Gasteiger partial charge on any atom is -0.398 e. The Balaban J connectivity index is 2.91. The first-order valence-electron chi connectivity index (χ1n) is 5.19. The number of benzene rings is 1. The van der Waals surface area contributed by atoms with Crippen LogP contribution in [-0.4, -0.2) is 4.57 Å². The largest absolute Gasteiger partial charge is 0.416 e. The molecule has 0 unspecified atom stereocenters. The number of alkyl halides is 3. The first kappa shape index (κ1) is 12.5. The zero-order chi connectivity index (χ0) is 13.7. The number of fused-ring (bicyclic) bond motifs is 1. The third kappa shape index (κ3) is 1.73. The Morgan fingerprint density at radius 2 is 1.89 bits per heavy atom. The summed E-state index contributed by atoms with van der Waals surface area (Å²) in [7, 11) is 1.50. The monoisotopic (exact) mass is 256 g/mol. The summed E-state index contributed by atoms with van der Waals surface area (Å²) >= 11 is 0. The second kappa shape index (κ2) is 3.76. The van der Waals surface area contributed by atoms with Crippen LogP contribution in [0.25, 0.3) is 10.9 Å². The molecule has 0 fully saturated rings. The van der Waals surface area contributed by atoms with Gasteiger partial charge in [0.05, 0.1) is 11.1 Å². The molecule has 0 amide bonds. The lowest BCUT2D eigenvalue weighted by atomic mass is 10.1. The number of nitrogens with two attached hydrogens (primary N) is 1. The van der Waals surface area contributed by atoms with Gasteiger partial charge in [0.25, 0.3) is 5.56 Å². The van der Waals surface area contributed by atoms with Crippen LogP contribution in [0.2, 0.25) is 0 Å². The molecule has 1 aromatic heterocycles. The van der Waals surface area contributed by atoms with Crippen molar-refractivity contribution in [1.29, 1.82) is 0 Å². The Labute approximate surface area is 101 Å². The van der Waals surface area contributed by atoms with E-state index >= 15 is 0 Å². The Morgan fingerprint density at radius 3 is 2.44 bits per heavy atom. The molecule has 2 N–H and O–H groups in total. The van der Waals surface area contributed by atoms with Crippen LogP contribution >= 0.6 is 0 Å². The third-order valence-corrected chi connectivity index (χ3v) is 3.00. The van der Waals surface area contributed by atoms with Crippen molar-refractivity contribution in [2.75, 3.05) is 5.73 Å². The van der Waals surface area contributed by atoms with Crippen molar-refractivity contribution in [3.05, 3.63) is 39.7 Å². The average molecular weight is 256 g/mol. The fourth-order valence-corrected chi connectivity index (χ4v) is 1.90. The smallest absolute Gasteiger partial charge is 0.398 e. The van der Waals surface area contributed by atoms with Crippen LogP contribution in [-0.2, 0) is 13.2 Å². The minimum atomic E-state index is -4.43. The van der Waals surface area contributed by atoms with E-state index in [1.54, 1.807) is 0 Å². The van der Waals surface area contributed by atoms with Gasteiger partial charge in [0, 0.05) is 23.7 Å². The average Bonchev–Trinajstić information content (AvgIpc) is 2.32. The zero-order valence-corrected chi connectivity index (χ0v) is 9.80.